The number of phenolic OH excluding ortho intramolecular Hbond substituents is 2. The summed E-state index contributed by atoms with van der Waals surface area (Å²) in [6, 6.07) is 3.19. The molecule has 1 aliphatic heterocycles. The average Bonchev–Trinajstić information content (AvgIpc) is 2.93. The lowest BCUT2D eigenvalue weighted by Gasteiger charge is -2.42. The van der Waals surface area contributed by atoms with Gasteiger partial charge in [0.15, 0.2) is 17.9 Å². The molecule has 1 saturated heterocycles. The molecule has 3 aliphatic rings. The number of ketones is 3. The molecule has 4 unspecified atom stereocenters. The van der Waals surface area contributed by atoms with Crippen molar-refractivity contribution in [3.05, 3.63) is 51.6 Å². The van der Waals surface area contributed by atoms with Crippen LogP contribution >= 0.6 is 7.82 Å². The van der Waals surface area contributed by atoms with Gasteiger partial charge in [0.1, 0.15) is 22.8 Å². The molecule has 1 heterocycles. The predicted molar refractivity (Wildman–Crippen MR) is 142 cm³/mol. The maximum atomic E-state index is 13.7. The Kier molecular flexibility index (Phi) is 8.01. The molecule has 0 radical (unpaired) electrons. The second-order valence-electron chi connectivity index (χ2n) is 10.8. The zero-order valence-corrected chi connectivity index (χ0v) is 24.0. The van der Waals surface area contributed by atoms with Crippen LogP contribution < -0.4 is 10.2 Å². The van der Waals surface area contributed by atoms with E-state index in [1.165, 1.54) is 32.2 Å². The highest BCUT2D eigenvalue weighted by atomic mass is 31.2. The van der Waals surface area contributed by atoms with E-state index in [2.05, 4.69) is 10.1 Å². The standard InChI is InChI=1S/C27H30NO14P/c1-10-22(30)14(28-42-43(36,37)38)7-17(40-10)41-16-9-27(35,11(2)29)8-13-19(16)26(34)21-20(24(13)32)23(31)12-5-4-6-15(39-3)18(12)25(21)33/h4-6,10,14,16-17,22,28,30,32,34-35H,7-9H2,1-3H3,(H2,36,37,38)/t10?,14?,16-,17?,22?,27-/m0/s1. The van der Waals surface area contributed by atoms with Gasteiger partial charge in [-0.3, -0.25) is 14.4 Å². The van der Waals surface area contributed by atoms with E-state index in [9.17, 15) is 39.4 Å². The Morgan fingerprint density at radius 3 is 2.42 bits per heavy atom. The van der Waals surface area contributed by atoms with Crippen LogP contribution in [0.1, 0.15) is 75.8 Å². The molecule has 0 spiro atoms. The van der Waals surface area contributed by atoms with Gasteiger partial charge >= 0.3 is 7.82 Å². The van der Waals surface area contributed by atoms with Gasteiger partial charge in [-0.05, 0) is 19.9 Å². The molecule has 232 valence electrons. The topological polar surface area (TPSA) is 239 Å². The lowest BCUT2D eigenvalue weighted by molar-refractivity contribution is -0.254. The first kappa shape index (κ1) is 31.2. The van der Waals surface area contributed by atoms with Gasteiger partial charge in [-0.1, -0.05) is 12.1 Å². The largest absolute Gasteiger partial charge is 0.507 e. The summed E-state index contributed by atoms with van der Waals surface area (Å²) in [4.78, 5) is 57.9. The van der Waals surface area contributed by atoms with Crippen LogP contribution in [0.25, 0.3) is 0 Å². The zero-order valence-electron chi connectivity index (χ0n) is 23.1. The molecule has 16 heteroatoms. The molecule has 2 aromatic rings. The van der Waals surface area contributed by atoms with Crippen molar-refractivity contribution in [1.82, 2.24) is 5.48 Å². The van der Waals surface area contributed by atoms with Crippen molar-refractivity contribution in [2.45, 2.75) is 69.4 Å². The van der Waals surface area contributed by atoms with Crippen LogP contribution in [0.3, 0.4) is 0 Å². The molecule has 2 aromatic carbocycles. The maximum absolute atomic E-state index is 13.7. The van der Waals surface area contributed by atoms with Crippen LogP contribution in [0.2, 0.25) is 0 Å². The number of aliphatic hydroxyl groups is 2. The third-order valence-corrected chi connectivity index (χ3v) is 8.42. The number of aliphatic hydroxyl groups excluding tert-OH is 1. The highest BCUT2D eigenvalue weighted by molar-refractivity contribution is 7.46. The fourth-order valence-electron chi connectivity index (χ4n) is 5.88. The van der Waals surface area contributed by atoms with Gasteiger partial charge in [0, 0.05) is 36.0 Å². The molecule has 1 fully saturated rings. The van der Waals surface area contributed by atoms with Crippen LogP contribution in [-0.2, 0) is 29.9 Å². The average molecular weight is 624 g/mol. The monoisotopic (exact) mass is 623 g/mol. The third kappa shape index (κ3) is 5.37. The number of benzene rings is 2. The first-order chi connectivity index (χ1) is 20.1. The Labute approximate surface area is 244 Å². The minimum Gasteiger partial charge on any atom is -0.507 e. The molecule has 0 bridgehead atoms. The number of rotatable bonds is 7. The van der Waals surface area contributed by atoms with E-state index in [4.69, 9.17) is 24.0 Å². The minimum absolute atomic E-state index is 0.0658. The number of phosphoric acid groups is 1. The second-order valence-corrected chi connectivity index (χ2v) is 11.9. The summed E-state index contributed by atoms with van der Waals surface area (Å²) in [5.41, 5.74) is -1.60. The molecule has 0 saturated carbocycles. The summed E-state index contributed by atoms with van der Waals surface area (Å²) in [7, 11) is -3.67. The normalized spacial score (nSPS) is 28.6. The number of Topliss-reactive ketones (excluding diaryl/α,β-unsaturated/α-hetero) is 1. The summed E-state index contributed by atoms with van der Waals surface area (Å²) in [5.74, 6) is -3.67. The Bertz CT molecular complexity index is 1570. The lowest BCUT2D eigenvalue weighted by atomic mass is 9.72. The van der Waals surface area contributed by atoms with Crippen molar-refractivity contribution < 1.29 is 68.0 Å². The van der Waals surface area contributed by atoms with Crippen LogP contribution in [-0.4, -0.2) is 84.8 Å². The summed E-state index contributed by atoms with van der Waals surface area (Å²) in [6.07, 6.45) is -6.21. The van der Waals surface area contributed by atoms with Crippen molar-refractivity contribution in [2.75, 3.05) is 7.11 Å². The molecule has 0 amide bonds. The molecule has 43 heavy (non-hydrogen) atoms. The molecular weight excluding hydrogens is 593 g/mol. The van der Waals surface area contributed by atoms with Crippen LogP contribution in [0, 0.1) is 0 Å². The Morgan fingerprint density at radius 2 is 1.79 bits per heavy atom. The van der Waals surface area contributed by atoms with E-state index >= 15 is 0 Å². The number of carbonyl (C=O) groups excluding carboxylic acids is 3. The fourth-order valence-corrected chi connectivity index (χ4v) is 6.15. The summed E-state index contributed by atoms with van der Waals surface area (Å²) < 4.78 is 32.5. The van der Waals surface area contributed by atoms with Gasteiger partial charge in [0.05, 0.1) is 48.2 Å². The van der Waals surface area contributed by atoms with Gasteiger partial charge in [-0.15, -0.1) is 0 Å². The number of fused-ring (bicyclic) bond motifs is 3. The Morgan fingerprint density at radius 1 is 1.12 bits per heavy atom. The number of nitrogens with one attached hydrogen (secondary N) is 1. The van der Waals surface area contributed by atoms with E-state index < -0.39 is 96.9 Å². The molecule has 2 aliphatic carbocycles. The molecule has 6 atom stereocenters. The number of aromatic hydroxyl groups is 2. The van der Waals surface area contributed by atoms with E-state index in [1.54, 1.807) is 0 Å². The van der Waals surface area contributed by atoms with Crippen LogP contribution in [0.5, 0.6) is 17.2 Å². The molecular formula is C27H30NO14P. The van der Waals surface area contributed by atoms with E-state index in [0.29, 0.717) is 0 Å². The van der Waals surface area contributed by atoms with Crippen molar-refractivity contribution in [1.29, 1.82) is 0 Å². The van der Waals surface area contributed by atoms with Crippen LogP contribution in [0.4, 0.5) is 0 Å². The quantitative estimate of drug-likeness (QED) is 0.109. The fraction of sp³-hybridized carbons (Fsp3) is 0.444. The Hall–Kier alpha value is -3.24. The zero-order chi connectivity index (χ0) is 31.6. The first-order valence-electron chi connectivity index (χ1n) is 13.2. The number of hydroxylamine groups is 1. The maximum Gasteiger partial charge on any atom is 0.486 e. The van der Waals surface area contributed by atoms with Crippen molar-refractivity contribution >= 4 is 25.2 Å². The van der Waals surface area contributed by atoms with Crippen molar-refractivity contribution in [3.8, 4) is 17.2 Å². The molecule has 15 nitrogen and oxygen atoms in total. The molecule has 5 rings (SSSR count). The predicted octanol–water partition coefficient (Wildman–Crippen LogP) is 0.684. The highest BCUT2D eigenvalue weighted by Gasteiger charge is 2.49. The number of methoxy groups -OCH3 is 1. The second kappa shape index (κ2) is 11.0. The Balaban J connectivity index is 1.60. The summed E-state index contributed by atoms with van der Waals surface area (Å²) in [6.45, 7) is 2.56. The van der Waals surface area contributed by atoms with E-state index in [0.717, 1.165) is 6.92 Å². The van der Waals surface area contributed by atoms with E-state index in [1.807, 2.05) is 0 Å². The van der Waals surface area contributed by atoms with Gasteiger partial charge < -0.3 is 44.4 Å². The summed E-state index contributed by atoms with van der Waals surface area (Å²) >= 11 is 0. The smallest absolute Gasteiger partial charge is 0.486 e. The number of hydrogen-bond acceptors (Lipinski definition) is 13. The summed E-state index contributed by atoms with van der Waals surface area (Å²) in [5, 5.41) is 44.7. The van der Waals surface area contributed by atoms with Gasteiger partial charge in [-0.25, -0.2) is 4.57 Å². The number of hydrogen-bond donors (Lipinski definition) is 7. The van der Waals surface area contributed by atoms with Gasteiger partial charge in [-0.2, -0.15) is 10.1 Å². The molecule has 7 N–H and O–H groups in total. The van der Waals surface area contributed by atoms with Crippen molar-refractivity contribution in [3.63, 3.8) is 0 Å². The number of ether oxygens (including phenoxy) is 3. The van der Waals surface area contributed by atoms with Gasteiger partial charge in [0.2, 0.25) is 5.78 Å². The van der Waals surface area contributed by atoms with Crippen molar-refractivity contribution in [2.24, 2.45) is 0 Å². The minimum atomic E-state index is -4.97. The highest BCUT2D eigenvalue weighted by Crippen LogP contribution is 2.52. The molecule has 0 aromatic heterocycles. The van der Waals surface area contributed by atoms with Crippen LogP contribution in [0.15, 0.2) is 18.2 Å². The number of carbonyl (C=O) groups is 3. The van der Waals surface area contributed by atoms with Gasteiger partial charge in [0.25, 0.3) is 0 Å². The SMILES string of the molecule is COc1cccc2c1C(=O)c1c(O)c3c(c(O)c1C2=O)C[C@@](O)(C(C)=O)C[C@@H]3OC1CC(NOP(=O)(O)O)C(O)C(C)O1. The number of phenols is 2. The first-order valence-corrected chi connectivity index (χ1v) is 14.7. The van der Waals surface area contributed by atoms with E-state index in [-0.39, 0.29) is 34.4 Å². The lowest BCUT2D eigenvalue weighted by Crippen LogP contribution is -2.54. The third-order valence-electron chi connectivity index (χ3n) is 8.08.